The summed E-state index contributed by atoms with van der Waals surface area (Å²) < 4.78 is 5.60. The SMILES string of the molecule is CCCCCCc1ccc(N=Nc2ccc(OCCCNC(N)=O)cc2)cc1. The van der Waals surface area contributed by atoms with Crippen molar-refractivity contribution in [3.05, 3.63) is 54.1 Å². The third-order valence-electron chi connectivity index (χ3n) is 4.26. The highest BCUT2D eigenvalue weighted by atomic mass is 16.5. The highest BCUT2D eigenvalue weighted by Crippen LogP contribution is 2.22. The number of rotatable bonds is 12. The quantitative estimate of drug-likeness (QED) is 0.366. The number of benzene rings is 2. The number of carbonyl (C=O) groups is 1. The van der Waals surface area contributed by atoms with Gasteiger partial charge in [0.1, 0.15) is 5.75 Å². The lowest BCUT2D eigenvalue weighted by Gasteiger charge is -2.06. The minimum Gasteiger partial charge on any atom is -0.494 e. The van der Waals surface area contributed by atoms with Crippen LogP contribution in [0.2, 0.25) is 0 Å². The minimum absolute atomic E-state index is 0.499. The normalized spacial score (nSPS) is 10.9. The smallest absolute Gasteiger partial charge is 0.312 e. The Bertz CT molecular complexity index is 727. The molecule has 0 bridgehead atoms. The number of unbranched alkanes of at least 4 members (excludes halogenated alkanes) is 3. The van der Waals surface area contributed by atoms with Gasteiger partial charge in [-0.15, -0.1) is 0 Å². The van der Waals surface area contributed by atoms with Gasteiger partial charge >= 0.3 is 6.03 Å². The highest BCUT2D eigenvalue weighted by molar-refractivity contribution is 5.71. The molecule has 6 nitrogen and oxygen atoms in total. The molecule has 0 heterocycles. The molecule has 0 atom stereocenters. The number of azo groups is 1. The molecule has 0 fully saturated rings. The zero-order valence-electron chi connectivity index (χ0n) is 16.6. The van der Waals surface area contributed by atoms with Gasteiger partial charge in [-0.25, -0.2) is 4.79 Å². The number of primary amides is 1. The molecule has 0 saturated carbocycles. The summed E-state index contributed by atoms with van der Waals surface area (Å²) in [6.07, 6.45) is 6.92. The molecule has 2 amide bonds. The first-order valence-electron chi connectivity index (χ1n) is 9.94. The number of hydrogen-bond donors (Lipinski definition) is 2. The van der Waals surface area contributed by atoms with E-state index in [4.69, 9.17) is 10.5 Å². The van der Waals surface area contributed by atoms with E-state index in [0.717, 1.165) is 23.5 Å². The highest BCUT2D eigenvalue weighted by Gasteiger charge is 1.98. The number of urea groups is 1. The van der Waals surface area contributed by atoms with Crippen LogP contribution < -0.4 is 15.8 Å². The topological polar surface area (TPSA) is 89.1 Å². The third-order valence-corrected chi connectivity index (χ3v) is 4.26. The number of carbonyl (C=O) groups excluding carboxylic acids is 1. The van der Waals surface area contributed by atoms with Crippen molar-refractivity contribution < 1.29 is 9.53 Å². The second-order valence-corrected chi connectivity index (χ2v) is 6.66. The van der Waals surface area contributed by atoms with E-state index in [0.29, 0.717) is 19.6 Å². The average Bonchev–Trinajstić information content (AvgIpc) is 2.71. The van der Waals surface area contributed by atoms with Crippen molar-refractivity contribution in [3.8, 4) is 5.75 Å². The van der Waals surface area contributed by atoms with Crippen LogP contribution in [0.25, 0.3) is 0 Å². The number of hydrogen-bond acceptors (Lipinski definition) is 4. The molecule has 0 spiro atoms. The summed E-state index contributed by atoms with van der Waals surface area (Å²) in [7, 11) is 0. The molecular formula is C22H30N4O2. The fraction of sp³-hybridized carbons (Fsp3) is 0.409. The first kappa shape index (κ1) is 21.4. The summed E-state index contributed by atoms with van der Waals surface area (Å²) >= 11 is 0. The molecule has 2 aromatic rings. The third kappa shape index (κ3) is 8.66. The monoisotopic (exact) mass is 382 g/mol. The maximum atomic E-state index is 10.6. The molecule has 150 valence electrons. The molecule has 2 aromatic carbocycles. The first-order valence-corrected chi connectivity index (χ1v) is 9.94. The molecule has 0 radical (unpaired) electrons. The van der Waals surface area contributed by atoms with Crippen LogP contribution in [0.1, 0.15) is 44.6 Å². The molecule has 0 aliphatic heterocycles. The Balaban J connectivity index is 1.75. The molecule has 0 aromatic heterocycles. The molecule has 2 rings (SSSR count). The lowest BCUT2D eigenvalue weighted by molar-refractivity contribution is 0.247. The van der Waals surface area contributed by atoms with E-state index in [1.807, 2.05) is 36.4 Å². The van der Waals surface area contributed by atoms with Crippen molar-refractivity contribution in [2.45, 2.75) is 45.4 Å². The van der Waals surface area contributed by atoms with Crippen LogP contribution in [0.15, 0.2) is 58.8 Å². The molecule has 0 unspecified atom stereocenters. The van der Waals surface area contributed by atoms with E-state index in [1.165, 1.54) is 31.2 Å². The van der Waals surface area contributed by atoms with Crippen molar-refractivity contribution in [2.24, 2.45) is 16.0 Å². The van der Waals surface area contributed by atoms with E-state index in [9.17, 15) is 4.79 Å². The van der Waals surface area contributed by atoms with E-state index in [-0.39, 0.29) is 0 Å². The van der Waals surface area contributed by atoms with Gasteiger partial charge in [0, 0.05) is 6.54 Å². The van der Waals surface area contributed by atoms with Crippen molar-refractivity contribution in [1.82, 2.24) is 5.32 Å². The van der Waals surface area contributed by atoms with Crippen LogP contribution in [0.5, 0.6) is 5.75 Å². The van der Waals surface area contributed by atoms with Gasteiger partial charge in [0.2, 0.25) is 0 Å². The number of aryl methyl sites for hydroxylation is 1. The Morgan fingerprint density at radius 2 is 1.57 bits per heavy atom. The van der Waals surface area contributed by atoms with Gasteiger partial charge in [0.05, 0.1) is 18.0 Å². The predicted molar refractivity (Wildman–Crippen MR) is 113 cm³/mol. The van der Waals surface area contributed by atoms with Crippen molar-refractivity contribution in [2.75, 3.05) is 13.2 Å². The predicted octanol–water partition coefficient (Wildman–Crippen LogP) is 5.66. The molecular weight excluding hydrogens is 352 g/mol. The summed E-state index contributed by atoms with van der Waals surface area (Å²) in [5.74, 6) is 0.755. The van der Waals surface area contributed by atoms with Crippen LogP contribution in [0.4, 0.5) is 16.2 Å². The first-order chi connectivity index (χ1) is 13.7. The maximum absolute atomic E-state index is 10.6. The summed E-state index contributed by atoms with van der Waals surface area (Å²) in [4.78, 5) is 10.6. The summed E-state index contributed by atoms with van der Waals surface area (Å²) in [6.45, 7) is 3.23. The largest absolute Gasteiger partial charge is 0.494 e. The molecule has 6 heteroatoms. The standard InChI is InChI=1S/C22H30N4O2/c1-2-3-4-5-7-18-8-10-19(11-9-18)25-26-20-12-14-21(15-13-20)28-17-6-16-24-22(23)27/h8-15H,2-7,16-17H2,1H3,(H3,23,24,27). The Hall–Kier alpha value is -2.89. The second kappa shape index (κ2) is 12.5. The van der Waals surface area contributed by atoms with Crippen molar-refractivity contribution >= 4 is 17.4 Å². The van der Waals surface area contributed by atoms with E-state index in [1.54, 1.807) is 0 Å². The fourth-order valence-electron chi connectivity index (χ4n) is 2.68. The van der Waals surface area contributed by atoms with Gasteiger partial charge in [-0.05, 0) is 61.2 Å². The number of nitrogens with zero attached hydrogens (tertiary/aromatic N) is 2. The average molecular weight is 383 g/mol. The molecule has 0 aliphatic rings. The fourth-order valence-corrected chi connectivity index (χ4v) is 2.68. The molecule has 0 saturated heterocycles. The van der Waals surface area contributed by atoms with Crippen LogP contribution in [-0.4, -0.2) is 19.2 Å². The van der Waals surface area contributed by atoms with Gasteiger partial charge in [-0.3, -0.25) is 0 Å². The van der Waals surface area contributed by atoms with Crippen LogP contribution in [-0.2, 0) is 6.42 Å². The Morgan fingerprint density at radius 3 is 2.18 bits per heavy atom. The van der Waals surface area contributed by atoms with E-state index >= 15 is 0 Å². The molecule has 28 heavy (non-hydrogen) atoms. The van der Waals surface area contributed by atoms with E-state index < -0.39 is 6.03 Å². The Kier molecular flexibility index (Phi) is 9.55. The summed E-state index contributed by atoms with van der Waals surface area (Å²) in [5, 5.41) is 11.1. The summed E-state index contributed by atoms with van der Waals surface area (Å²) in [6, 6.07) is 15.2. The number of nitrogens with one attached hydrogen (secondary N) is 1. The number of amides is 2. The van der Waals surface area contributed by atoms with Crippen LogP contribution in [0.3, 0.4) is 0 Å². The van der Waals surface area contributed by atoms with Crippen LogP contribution >= 0.6 is 0 Å². The zero-order valence-corrected chi connectivity index (χ0v) is 16.6. The lowest BCUT2D eigenvalue weighted by atomic mass is 10.1. The number of ether oxygens (including phenoxy) is 1. The van der Waals surface area contributed by atoms with Crippen LogP contribution in [0, 0.1) is 0 Å². The lowest BCUT2D eigenvalue weighted by Crippen LogP contribution is -2.30. The van der Waals surface area contributed by atoms with Gasteiger partial charge in [0.25, 0.3) is 0 Å². The van der Waals surface area contributed by atoms with Gasteiger partial charge in [-0.1, -0.05) is 38.3 Å². The van der Waals surface area contributed by atoms with Gasteiger partial charge in [-0.2, -0.15) is 10.2 Å². The molecule has 0 aliphatic carbocycles. The Labute approximate surface area is 167 Å². The minimum atomic E-state index is -0.517. The molecule has 3 N–H and O–H groups in total. The van der Waals surface area contributed by atoms with Crippen molar-refractivity contribution in [1.29, 1.82) is 0 Å². The zero-order chi connectivity index (χ0) is 20.0. The summed E-state index contributed by atoms with van der Waals surface area (Å²) in [5.41, 5.74) is 7.97. The maximum Gasteiger partial charge on any atom is 0.312 e. The second-order valence-electron chi connectivity index (χ2n) is 6.66. The van der Waals surface area contributed by atoms with Gasteiger partial charge < -0.3 is 15.8 Å². The van der Waals surface area contributed by atoms with E-state index in [2.05, 4.69) is 34.6 Å². The van der Waals surface area contributed by atoms with Gasteiger partial charge in [0.15, 0.2) is 0 Å². The Morgan fingerprint density at radius 1 is 0.929 bits per heavy atom. The number of nitrogens with two attached hydrogens (primary N) is 1. The van der Waals surface area contributed by atoms with Crippen molar-refractivity contribution in [3.63, 3.8) is 0 Å².